The van der Waals surface area contributed by atoms with Crippen LogP contribution < -0.4 is 4.74 Å². The lowest BCUT2D eigenvalue weighted by molar-refractivity contribution is 0.0543. The van der Waals surface area contributed by atoms with Gasteiger partial charge in [0.15, 0.2) is 0 Å². The highest BCUT2D eigenvalue weighted by molar-refractivity contribution is 6.30. The summed E-state index contributed by atoms with van der Waals surface area (Å²) in [6, 6.07) is 5.39. The van der Waals surface area contributed by atoms with Crippen LogP contribution in [0.5, 0.6) is 5.75 Å². The first-order chi connectivity index (χ1) is 8.27. The number of benzene rings is 1. The minimum absolute atomic E-state index is 0.375. The van der Waals surface area contributed by atoms with Gasteiger partial charge in [-0.2, -0.15) is 0 Å². The lowest BCUT2D eigenvalue weighted by Gasteiger charge is -2.10. The standard InChI is InChI=1S/C12H16Cl2O3/c1-15-4-5-16-6-7-17-12-3-2-11(14)8-10(12)9-13/h2-3,8H,4-7,9H2,1H3. The second-order valence-electron chi connectivity index (χ2n) is 3.34. The van der Waals surface area contributed by atoms with Crippen LogP contribution in [-0.2, 0) is 15.4 Å². The van der Waals surface area contributed by atoms with Crippen LogP contribution in [0.4, 0.5) is 0 Å². The molecule has 3 nitrogen and oxygen atoms in total. The highest BCUT2D eigenvalue weighted by atomic mass is 35.5. The summed E-state index contributed by atoms with van der Waals surface area (Å²) in [5, 5.41) is 0.657. The van der Waals surface area contributed by atoms with Crippen molar-refractivity contribution in [3.8, 4) is 5.75 Å². The Balaban J connectivity index is 2.31. The summed E-state index contributed by atoms with van der Waals surface area (Å²) in [5.74, 6) is 1.13. The summed E-state index contributed by atoms with van der Waals surface area (Å²) in [7, 11) is 1.64. The van der Waals surface area contributed by atoms with E-state index >= 15 is 0 Å². The molecular formula is C12H16Cl2O3. The second kappa shape index (κ2) is 8.59. The molecule has 1 rings (SSSR count). The lowest BCUT2D eigenvalue weighted by Crippen LogP contribution is -2.10. The van der Waals surface area contributed by atoms with Gasteiger partial charge in [-0.25, -0.2) is 0 Å². The fourth-order valence-electron chi connectivity index (χ4n) is 1.25. The summed E-state index contributed by atoms with van der Waals surface area (Å²) >= 11 is 11.7. The molecule has 1 aromatic rings. The average Bonchev–Trinajstić information content (AvgIpc) is 2.35. The fourth-order valence-corrected chi connectivity index (χ4v) is 1.65. The topological polar surface area (TPSA) is 27.7 Å². The molecule has 0 aromatic heterocycles. The van der Waals surface area contributed by atoms with E-state index in [4.69, 9.17) is 37.4 Å². The van der Waals surface area contributed by atoms with E-state index < -0.39 is 0 Å². The Kier molecular flexibility index (Phi) is 7.37. The van der Waals surface area contributed by atoms with Gasteiger partial charge in [0.05, 0.1) is 25.7 Å². The van der Waals surface area contributed by atoms with Gasteiger partial charge < -0.3 is 14.2 Å². The minimum atomic E-state index is 0.375. The number of hydrogen-bond donors (Lipinski definition) is 0. The van der Waals surface area contributed by atoms with E-state index in [9.17, 15) is 0 Å². The molecular weight excluding hydrogens is 263 g/mol. The van der Waals surface area contributed by atoms with Crippen molar-refractivity contribution in [3.63, 3.8) is 0 Å². The van der Waals surface area contributed by atoms with Gasteiger partial charge in [-0.05, 0) is 18.2 Å². The normalized spacial score (nSPS) is 10.5. The number of alkyl halides is 1. The maximum atomic E-state index is 5.86. The zero-order valence-corrected chi connectivity index (χ0v) is 11.3. The van der Waals surface area contributed by atoms with Crippen LogP contribution in [0.25, 0.3) is 0 Å². The van der Waals surface area contributed by atoms with Crippen LogP contribution in [0, 0.1) is 0 Å². The molecule has 0 N–H and O–H groups in total. The third kappa shape index (κ3) is 5.59. The first-order valence-corrected chi connectivity index (χ1v) is 6.23. The number of rotatable bonds is 8. The maximum absolute atomic E-state index is 5.86. The van der Waals surface area contributed by atoms with Crippen molar-refractivity contribution in [1.82, 2.24) is 0 Å². The molecule has 0 aliphatic rings. The Morgan fingerprint density at radius 2 is 1.88 bits per heavy atom. The van der Waals surface area contributed by atoms with Crippen LogP contribution in [-0.4, -0.2) is 33.5 Å². The Morgan fingerprint density at radius 1 is 1.12 bits per heavy atom. The molecule has 0 amide bonds. The minimum Gasteiger partial charge on any atom is -0.491 e. The summed E-state index contributed by atoms with van der Waals surface area (Å²) in [4.78, 5) is 0. The maximum Gasteiger partial charge on any atom is 0.123 e. The van der Waals surface area contributed by atoms with Gasteiger partial charge in [0.25, 0.3) is 0 Å². The quantitative estimate of drug-likeness (QED) is 0.540. The molecule has 96 valence electrons. The molecule has 0 aliphatic carbocycles. The van der Waals surface area contributed by atoms with Crippen LogP contribution in [0.2, 0.25) is 5.02 Å². The first-order valence-electron chi connectivity index (χ1n) is 5.31. The molecule has 1 aromatic carbocycles. The summed E-state index contributed by atoms with van der Waals surface area (Å²) in [6.07, 6.45) is 0. The van der Waals surface area contributed by atoms with Gasteiger partial charge in [0.2, 0.25) is 0 Å². The molecule has 0 spiro atoms. The molecule has 0 radical (unpaired) electrons. The lowest BCUT2D eigenvalue weighted by atomic mass is 10.2. The fraction of sp³-hybridized carbons (Fsp3) is 0.500. The first kappa shape index (κ1) is 14.6. The van der Waals surface area contributed by atoms with E-state index in [1.807, 2.05) is 6.07 Å². The monoisotopic (exact) mass is 278 g/mol. The summed E-state index contributed by atoms with van der Waals surface area (Å²) in [6.45, 7) is 2.17. The van der Waals surface area contributed by atoms with Crippen LogP contribution >= 0.6 is 23.2 Å². The summed E-state index contributed by atoms with van der Waals surface area (Å²) in [5.41, 5.74) is 0.885. The zero-order valence-electron chi connectivity index (χ0n) is 9.75. The second-order valence-corrected chi connectivity index (χ2v) is 4.04. The predicted octanol–water partition coefficient (Wildman–Crippen LogP) is 3.12. The predicted molar refractivity (Wildman–Crippen MR) is 69.2 cm³/mol. The third-order valence-electron chi connectivity index (χ3n) is 2.08. The Bertz CT molecular complexity index is 332. The zero-order chi connectivity index (χ0) is 12.5. The SMILES string of the molecule is COCCOCCOc1ccc(Cl)cc1CCl. The number of ether oxygens (including phenoxy) is 3. The van der Waals surface area contributed by atoms with Crippen molar-refractivity contribution in [2.75, 3.05) is 33.5 Å². The van der Waals surface area contributed by atoms with Crippen molar-refractivity contribution in [2.45, 2.75) is 5.88 Å². The van der Waals surface area contributed by atoms with Gasteiger partial charge in [-0.3, -0.25) is 0 Å². The van der Waals surface area contributed by atoms with E-state index in [1.54, 1.807) is 19.2 Å². The Morgan fingerprint density at radius 3 is 2.59 bits per heavy atom. The van der Waals surface area contributed by atoms with Crippen molar-refractivity contribution < 1.29 is 14.2 Å². The van der Waals surface area contributed by atoms with Crippen molar-refractivity contribution in [2.24, 2.45) is 0 Å². The molecule has 0 aliphatic heterocycles. The number of halogens is 2. The van der Waals surface area contributed by atoms with Crippen LogP contribution in [0.15, 0.2) is 18.2 Å². The molecule has 0 saturated carbocycles. The van der Waals surface area contributed by atoms with Gasteiger partial charge in [0, 0.05) is 17.7 Å². The van der Waals surface area contributed by atoms with E-state index in [0.29, 0.717) is 37.3 Å². The van der Waals surface area contributed by atoms with E-state index in [1.165, 1.54) is 0 Å². The van der Waals surface area contributed by atoms with Crippen molar-refractivity contribution in [3.05, 3.63) is 28.8 Å². The Labute approximate surface area is 112 Å². The van der Waals surface area contributed by atoms with Gasteiger partial charge >= 0.3 is 0 Å². The highest BCUT2D eigenvalue weighted by Gasteiger charge is 2.03. The molecule has 0 atom stereocenters. The van der Waals surface area contributed by atoms with E-state index in [0.717, 1.165) is 11.3 Å². The molecule has 0 bridgehead atoms. The number of hydrogen-bond acceptors (Lipinski definition) is 3. The third-order valence-corrected chi connectivity index (χ3v) is 2.61. The molecule has 0 saturated heterocycles. The smallest absolute Gasteiger partial charge is 0.123 e. The highest BCUT2D eigenvalue weighted by Crippen LogP contribution is 2.24. The van der Waals surface area contributed by atoms with Crippen LogP contribution in [0.3, 0.4) is 0 Å². The van der Waals surface area contributed by atoms with Crippen LogP contribution in [0.1, 0.15) is 5.56 Å². The van der Waals surface area contributed by atoms with Gasteiger partial charge in [-0.1, -0.05) is 11.6 Å². The van der Waals surface area contributed by atoms with Gasteiger partial charge in [0.1, 0.15) is 12.4 Å². The Hall–Kier alpha value is -0.480. The van der Waals surface area contributed by atoms with E-state index in [2.05, 4.69) is 0 Å². The van der Waals surface area contributed by atoms with Crippen molar-refractivity contribution >= 4 is 23.2 Å². The average molecular weight is 279 g/mol. The largest absolute Gasteiger partial charge is 0.491 e. The number of methoxy groups -OCH3 is 1. The molecule has 0 unspecified atom stereocenters. The van der Waals surface area contributed by atoms with Crippen molar-refractivity contribution in [1.29, 1.82) is 0 Å². The molecule has 0 heterocycles. The molecule has 0 fully saturated rings. The van der Waals surface area contributed by atoms with Gasteiger partial charge in [-0.15, -0.1) is 11.6 Å². The summed E-state index contributed by atoms with van der Waals surface area (Å²) < 4.78 is 15.7. The molecule has 5 heteroatoms. The van der Waals surface area contributed by atoms with E-state index in [-0.39, 0.29) is 0 Å². The molecule has 17 heavy (non-hydrogen) atoms.